The van der Waals surface area contributed by atoms with Gasteiger partial charge in [0.05, 0.1) is 6.20 Å². The van der Waals surface area contributed by atoms with Crippen LogP contribution in [0.3, 0.4) is 0 Å². The summed E-state index contributed by atoms with van der Waals surface area (Å²) in [6, 6.07) is 0. The molecule has 15 heavy (non-hydrogen) atoms. The van der Waals surface area contributed by atoms with E-state index in [0.717, 1.165) is 25.7 Å². The van der Waals surface area contributed by atoms with Gasteiger partial charge >= 0.3 is 0 Å². The first-order valence-electron chi connectivity index (χ1n) is 5.59. The van der Waals surface area contributed by atoms with E-state index in [1.165, 1.54) is 0 Å². The molecule has 3 heteroatoms. The predicted molar refractivity (Wildman–Crippen MR) is 59.7 cm³/mol. The predicted octanol–water partition coefficient (Wildman–Crippen LogP) is 2.88. The van der Waals surface area contributed by atoms with Crippen LogP contribution in [-0.4, -0.2) is 15.8 Å². The van der Waals surface area contributed by atoms with E-state index in [-0.39, 0.29) is 11.7 Å². The van der Waals surface area contributed by atoms with Crippen molar-refractivity contribution in [2.24, 2.45) is 5.92 Å². The lowest BCUT2D eigenvalue weighted by atomic mass is 9.92. The van der Waals surface area contributed by atoms with Crippen LogP contribution in [0.1, 0.15) is 50.0 Å². The molecule has 0 aliphatic carbocycles. The lowest BCUT2D eigenvalue weighted by molar-refractivity contribution is 0.0899. The second-order valence-corrected chi connectivity index (χ2v) is 3.73. The summed E-state index contributed by atoms with van der Waals surface area (Å²) in [5.41, 5.74) is 0.504. The zero-order valence-corrected chi connectivity index (χ0v) is 9.44. The molecule has 0 aromatic carbocycles. The number of ketones is 1. The lowest BCUT2D eigenvalue weighted by Gasteiger charge is -2.12. The molecule has 0 unspecified atom stereocenters. The van der Waals surface area contributed by atoms with Gasteiger partial charge in [0, 0.05) is 18.3 Å². The van der Waals surface area contributed by atoms with Crippen LogP contribution in [0.5, 0.6) is 0 Å². The Balaban J connectivity index is 2.71. The summed E-state index contributed by atoms with van der Waals surface area (Å²) in [7, 11) is 0. The molecule has 3 nitrogen and oxygen atoms in total. The molecule has 0 aliphatic rings. The maximum atomic E-state index is 12.0. The van der Waals surface area contributed by atoms with Gasteiger partial charge < -0.3 is 0 Å². The van der Waals surface area contributed by atoms with E-state index in [1.54, 1.807) is 18.6 Å². The lowest BCUT2D eigenvalue weighted by Crippen LogP contribution is -2.16. The van der Waals surface area contributed by atoms with Crippen molar-refractivity contribution in [2.45, 2.75) is 39.5 Å². The van der Waals surface area contributed by atoms with Crippen LogP contribution in [-0.2, 0) is 0 Å². The quantitative estimate of drug-likeness (QED) is 0.672. The Kier molecular flexibility index (Phi) is 4.95. The molecule has 0 radical (unpaired) electrons. The maximum absolute atomic E-state index is 12.0. The van der Waals surface area contributed by atoms with Crippen molar-refractivity contribution in [1.29, 1.82) is 0 Å². The van der Waals surface area contributed by atoms with Gasteiger partial charge in [-0.05, 0) is 12.8 Å². The second-order valence-electron chi connectivity index (χ2n) is 3.73. The van der Waals surface area contributed by atoms with Crippen molar-refractivity contribution in [1.82, 2.24) is 9.97 Å². The van der Waals surface area contributed by atoms with Gasteiger partial charge in [-0.1, -0.05) is 26.7 Å². The summed E-state index contributed by atoms with van der Waals surface area (Å²) < 4.78 is 0. The maximum Gasteiger partial charge on any atom is 0.185 e. The zero-order chi connectivity index (χ0) is 11.1. The van der Waals surface area contributed by atoms with Crippen molar-refractivity contribution in [2.75, 3.05) is 0 Å². The molecule has 0 fully saturated rings. The van der Waals surface area contributed by atoms with Gasteiger partial charge in [-0.25, -0.2) is 4.98 Å². The summed E-state index contributed by atoms with van der Waals surface area (Å²) in [5, 5.41) is 0. The Morgan fingerprint density at radius 3 is 2.40 bits per heavy atom. The van der Waals surface area contributed by atoms with Crippen LogP contribution in [0.15, 0.2) is 18.6 Å². The van der Waals surface area contributed by atoms with E-state index in [2.05, 4.69) is 23.8 Å². The van der Waals surface area contributed by atoms with Crippen LogP contribution in [0.4, 0.5) is 0 Å². The van der Waals surface area contributed by atoms with Gasteiger partial charge in [-0.15, -0.1) is 0 Å². The summed E-state index contributed by atoms with van der Waals surface area (Å²) in [5.74, 6) is 0.267. The van der Waals surface area contributed by atoms with E-state index >= 15 is 0 Å². The third-order valence-corrected chi connectivity index (χ3v) is 2.46. The standard InChI is InChI=1S/C12H18N2O/c1-3-5-10(6-4-2)12(15)11-9-13-7-8-14-11/h7-10H,3-6H2,1-2H3. The number of carbonyl (C=O) groups is 1. The van der Waals surface area contributed by atoms with Crippen molar-refractivity contribution < 1.29 is 4.79 Å². The summed E-state index contributed by atoms with van der Waals surface area (Å²) in [6.07, 6.45) is 8.69. The zero-order valence-electron chi connectivity index (χ0n) is 9.44. The molecule has 0 aliphatic heterocycles. The first-order valence-corrected chi connectivity index (χ1v) is 5.59. The molecule has 1 aromatic rings. The molecule has 1 heterocycles. The van der Waals surface area contributed by atoms with E-state index in [0.29, 0.717) is 5.69 Å². The van der Waals surface area contributed by atoms with E-state index < -0.39 is 0 Å². The van der Waals surface area contributed by atoms with E-state index in [4.69, 9.17) is 0 Å². The molecule has 1 aromatic heterocycles. The van der Waals surface area contributed by atoms with Gasteiger partial charge in [-0.2, -0.15) is 0 Å². The molecule has 1 rings (SSSR count). The minimum absolute atomic E-state index is 0.122. The van der Waals surface area contributed by atoms with Crippen molar-refractivity contribution in [3.63, 3.8) is 0 Å². The SMILES string of the molecule is CCCC(CCC)C(=O)c1cnccn1. The molecule has 0 saturated carbocycles. The Morgan fingerprint density at radius 1 is 1.27 bits per heavy atom. The highest BCUT2D eigenvalue weighted by molar-refractivity contribution is 5.95. The minimum atomic E-state index is 0.122. The van der Waals surface area contributed by atoms with Gasteiger partial charge in [0.2, 0.25) is 0 Å². The number of carbonyl (C=O) groups excluding carboxylic acids is 1. The fourth-order valence-corrected chi connectivity index (χ4v) is 1.74. The molecular weight excluding hydrogens is 188 g/mol. The van der Waals surface area contributed by atoms with Gasteiger partial charge in [0.25, 0.3) is 0 Å². The number of rotatable bonds is 6. The Morgan fingerprint density at radius 2 is 1.93 bits per heavy atom. The summed E-state index contributed by atoms with van der Waals surface area (Å²) in [6.45, 7) is 4.21. The van der Waals surface area contributed by atoms with Crippen molar-refractivity contribution >= 4 is 5.78 Å². The highest BCUT2D eigenvalue weighted by atomic mass is 16.1. The first-order chi connectivity index (χ1) is 7.29. The number of aromatic nitrogens is 2. The molecule has 0 bridgehead atoms. The van der Waals surface area contributed by atoms with E-state index in [9.17, 15) is 4.79 Å². The van der Waals surface area contributed by atoms with Crippen LogP contribution in [0.25, 0.3) is 0 Å². The fraction of sp³-hybridized carbons (Fsp3) is 0.583. The number of hydrogen-bond acceptors (Lipinski definition) is 3. The van der Waals surface area contributed by atoms with Gasteiger partial charge in [0.1, 0.15) is 5.69 Å². The summed E-state index contributed by atoms with van der Waals surface area (Å²) >= 11 is 0. The number of nitrogens with zero attached hydrogens (tertiary/aromatic N) is 2. The Bertz CT molecular complexity index is 292. The molecule has 0 saturated heterocycles. The molecule has 0 amide bonds. The normalized spacial score (nSPS) is 10.6. The average molecular weight is 206 g/mol. The Hall–Kier alpha value is -1.25. The minimum Gasteiger partial charge on any atom is -0.292 e. The third-order valence-electron chi connectivity index (χ3n) is 2.46. The second kappa shape index (κ2) is 6.27. The molecular formula is C12H18N2O. The molecule has 0 N–H and O–H groups in total. The van der Waals surface area contributed by atoms with Crippen LogP contribution in [0.2, 0.25) is 0 Å². The van der Waals surface area contributed by atoms with E-state index in [1.807, 2.05) is 0 Å². The topological polar surface area (TPSA) is 42.9 Å². The average Bonchev–Trinajstić information content (AvgIpc) is 2.29. The summed E-state index contributed by atoms with van der Waals surface area (Å²) in [4.78, 5) is 20.0. The van der Waals surface area contributed by atoms with Gasteiger partial charge in [0.15, 0.2) is 5.78 Å². The largest absolute Gasteiger partial charge is 0.292 e. The molecule has 0 spiro atoms. The highest BCUT2D eigenvalue weighted by Crippen LogP contribution is 2.17. The molecule has 0 atom stereocenters. The van der Waals surface area contributed by atoms with Crippen LogP contribution < -0.4 is 0 Å². The Labute approximate surface area is 91.0 Å². The first kappa shape index (κ1) is 11.8. The third kappa shape index (κ3) is 3.42. The highest BCUT2D eigenvalue weighted by Gasteiger charge is 2.19. The smallest absolute Gasteiger partial charge is 0.185 e. The van der Waals surface area contributed by atoms with Crippen LogP contribution in [0, 0.1) is 5.92 Å². The van der Waals surface area contributed by atoms with Crippen molar-refractivity contribution in [3.8, 4) is 0 Å². The number of Topliss-reactive ketones (excluding diaryl/α,β-unsaturated/α-hetero) is 1. The number of hydrogen-bond donors (Lipinski definition) is 0. The molecule has 82 valence electrons. The van der Waals surface area contributed by atoms with Crippen molar-refractivity contribution in [3.05, 3.63) is 24.3 Å². The van der Waals surface area contributed by atoms with Gasteiger partial charge in [-0.3, -0.25) is 9.78 Å². The fourth-order valence-electron chi connectivity index (χ4n) is 1.74. The monoisotopic (exact) mass is 206 g/mol. The van der Waals surface area contributed by atoms with Crippen LogP contribution >= 0.6 is 0 Å².